The Morgan fingerprint density at radius 3 is 2.68 bits per heavy atom. The number of thiophene rings is 1. The number of aryl methyl sites for hydroxylation is 1. The fourth-order valence-corrected chi connectivity index (χ4v) is 3.12. The molecule has 1 aromatic heterocycles. The molecular formula is C16H21NOS. The standard InChI is InChI=1S/C16H21NOS/c1-12(10-15-9-8-13(2)19-15)17-11-14-6-4-5-7-16(14)18-3/h4-9,12,17H,10-11H2,1-3H3. The molecule has 1 N–H and O–H groups in total. The normalized spacial score (nSPS) is 12.4. The summed E-state index contributed by atoms with van der Waals surface area (Å²) in [6.45, 7) is 5.22. The lowest BCUT2D eigenvalue weighted by Gasteiger charge is -2.14. The summed E-state index contributed by atoms with van der Waals surface area (Å²) < 4.78 is 5.36. The van der Waals surface area contributed by atoms with Crippen LogP contribution < -0.4 is 10.1 Å². The van der Waals surface area contributed by atoms with Gasteiger partial charge in [0.05, 0.1) is 7.11 Å². The number of para-hydroxylation sites is 1. The molecule has 2 nitrogen and oxygen atoms in total. The zero-order valence-corrected chi connectivity index (χ0v) is 12.6. The third kappa shape index (κ3) is 4.08. The molecule has 0 saturated heterocycles. The molecule has 0 radical (unpaired) electrons. The molecule has 0 bridgehead atoms. The van der Waals surface area contributed by atoms with Crippen molar-refractivity contribution in [3.8, 4) is 5.75 Å². The number of rotatable bonds is 6. The summed E-state index contributed by atoms with van der Waals surface area (Å²) in [6, 6.07) is 13.0. The maximum absolute atomic E-state index is 5.36. The quantitative estimate of drug-likeness (QED) is 0.866. The molecule has 0 amide bonds. The van der Waals surface area contributed by atoms with Crippen molar-refractivity contribution >= 4 is 11.3 Å². The Morgan fingerprint density at radius 2 is 2.00 bits per heavy atom. The van der Waals surface area contributed by atoms with Gasteiger partial charge in [-0.2, -0.15) is 0 Å². The molecule has 0 aliphatic carbocycles. The molecule has 3 heteroatoms. The summed E-state index contributed by atoms with van der Waals surface area (Å²) in [5.74, 6) is 0.953. The fourth-order valence-electron chi connectivity index (χ4n) is 2.10. The van der Waals surface area contributed by atoms with Crippen molar-refractivity contribution in [3.63, 3.8) is 0 Å². The van der Waals surface area contributed by atoms with Crippen LogP contribution in [0.25, 0.3) is 0 Å². The third-order valence-corrected chi connectivity index (χ3v) is 4.16. The zero-order valence-electron chi connectivity index (χ0n) is 11.8. The number of hydrogen-bond donors (Lipinski definition) is 1. The van der Waals surface area contributed by atoms with Crippen molar-refractivity contribution in [2.45, 2.75) is 32.9 Å². The van der Waals surface area contributed by atoms with Crippen LogP contribution in [0.3, 0.4) is 0 Å². The second-order valence-electron chi connectivity index (χ2n) is 4.81. The van der Waals surface area contributed by atoms with Gasteiger partial charge >= 0.3 is 0 Å². The van der Waals surface area contributed by atoms with E-state index < -0.39 is 0 Å². The minimum atomic E-state index is 0.461. The van der Waals surface area contributed by atoms with Crippen LogP contribution in [0, 0.1) is 6.92 Å². The Labute approximate surface area is 119 Å². The smallest absolute Gasteiger partial charge is 0.123 e. The van der Waals surface area contributed by atoms with Gasteiger partial charge < -0.3 is 10.1 Å². The average Bonchev–Trinajstić information content (AvgIpc) is 2.82. The fraction of sp³-hybridized carbons (Fsp3) is 0.375. The number of methoxy groups -OCH3 is 1. The van der Waals surface area contributed by atoms with Crippen LogP contribution in [-0.2, 0) is 13.0 Å². The summed E-state index contributed by atoms with van der Waals surface area (Å²) in [5.41, 5.74) is 1.21. The minimum Gasteiger partial charge on any atom is -0.496 e. The van der Waals surface area contributed by atoms with Crippen molar-refractivity contribution in [1.82, 2.24) is 5.32 Å². The minimum absolute atomic E-state index is 0.461. The molecule has 0 aliphatic heterocycles. The second kappa shape index (κ2) is 6.73. The molecule has 2 rings (SSSR count). The number of nitrogens with one attached hydrogen (secondary N) is 1. The van der Waals surface area contributed by atoms with Crippen LogP contribution in [-0.4, -0.2) is 13.2 Å². The SMILES string of the molecule is COc1ccccc1CNC(C)Cc1ccc(C)s1. The Morgan fingerprint density at radius 1 is 1.21 bits per heavy atom. The molecule has 1 heterocycles. The first-order valence-corrected chi connectivity index (χ1v) is 7.41. The monoisotopic (exact) mass is 275 g/mol. The van der Waals surface area contributed by atoms with Gasteiger partial charge in [-0.25, -0.2) is 0 Å². The second-order valence-corrected chi connectivity index (χ2v) is 6.18. The maximum atomic E-state index is 5.36. The molecular weight excluding hydrogens is 254 g/mol. The largest absolute Gasteiger partial charge is 0.496 e. The first-order chi connectivity index (χ1) is 9.19. The Hall–Kier alpha value is -1.32. The molecule has 19 heavy (non-hydrogen) atoms. The Balaban J connectivity index is 1.87. The van der Waals surface area contributed by atoms with Gasteiger partial charge in [-0.05, 0) is 38.5 Å². The first kappa shape index (κ1) is 14.1. The number of benzene rings is 1. The summed E-state index contributed by atoms with van der Waals surface area (Å²) >= 11 is 1.88. The molecule has 0 aliphatic rings. The van der Waals surface area contributed by atoms with Gasteiger partial charge in [0, 0.05) is 27.9 Å². The van der Waals surface area contributed by atoms with Crippen LogP contribution in [0.5, 0.6) is 5.75 Å². The Kier molecular flexibility index (Phi) is 5.00. The Bertz CT molecular complexity index is 521. The highest BCUT2D eigenvalue weighted by Crippen LogP contribution is 2.19. The molecule has 0 saturated carbocycles. The van der Waals surface area contributed by atoms with E-state index in [1.54, 1.807) is 7.11 Å². The summed E-state index contributed by atoms with van der Waals surface area (Å²) in [4.78, 5) is 2.82. The summed E-state index contributed by atoms with van der Waals surface area (Å²) in [5, 5.41) is 3.56. The molecule has 2 aromatic rings. The molecule has 0 fully saturated rings. The van der Waals surface area contributed by atoms with E-state index in [1.165, 1.54) is 15.3 Å². The summed E-state index contributed by atoms with van der Waals surface area (Å²) in [6.07, 6.45) is 1.08. The van der Waals surface area contributed by atoms with Gasteiger partial charge in [-0.1, -0.05) is 18.2 Å². The van der Waals surface area contributed by atoms with Gasteiger partial charge in [0.15, 0.2) is 0 Å². The predicted octanol–water partition coefficient (Wildman–Crippen LogP) is 3.79. The van der Waals surface area contributed by atoms with Crippen LogP contribution in [0.2, 0.25) is 0 Å². The van der Waals surface area contributed by atoms with Crippen molar-refractivity contribution in [2.75, 3.05) is 7.11 Å². The third-order valence-electron chi connectivity index (χ3n) is 3.14. The molecule has 0 spiro atoms. The lowest BCUT2D eigenvalue weighted by Crippen LogP contribution is -2.27. The van der Waals surface area contributed by atoms with Gasteiger partial charge in [0.25, 0.3) is 0 Å². The average molecular weight is 275 g/mol. The van der Waals surface area contributed by atoms with Crippen molar-refractivity contribution in [2.24, 2.45) is 0 Å². The number of hydrogen-bond acceptors (Lipinski definition) is 3. The van der Waals surface area contributed by atoms with Crippen LogP contribution in [0.4, 0.5) is 0 Å². The van der Waals surface area contributed by atoms with Crippen molar-refractivity contribution in [1.29, 1.82) is 0 Å². The van der Waals surface area contributed by atoms with E-state index in [9.17, 15) is 0 Å². The molecule has 1 unspecified atom stereocenters. The highest BCUT2D eigenvalue weighted by atomic mass is 32.1. The van der Waals surface area contributed by atoms with Gasteiger partial charge in [0.2, 0.25) is 0 Å². The lowest BCUT2D eigenvalue weighted by molar-refractivity contribution is 0.405. The van der Waals surface area contributed by atoms with E-state index in [0.29, 0.717) is 6.04 Å². The highest BCUT2D eigenvalue weighted by Gasteiger charge is 2.07. The van der Waals surface area contributed by atoms with E-state index in [4.69, 9.17) is 4.74 Å². The lowest BCUT2D eigenvalue weighted by atomic mass is 10.1. The summed E-state index contributed by atoms with van der Waals surface area (Å²) in [7, 11) is 1.72. The van der Waals surface area contributed by atoms with E-state index in [0.717, 1.165) is 18.7 Å². The molecule has 1 atom stereocenters. The van der Waals surface area contributed by atoms with Crippen LogP contribution >= 0.6 is 11.3 Å². The first-order valence-electron chi connectivity index (χ1n) is 6.59. The molecule has 102 valence electrons. The zero-order chi connectivity index (χ0) is 13.7. The predicted molar refractivity (Wildman–Crippen MR) is 82.1 cm³/mol. The van der Waals surface area contributed by atoms with Crippen LogP contribution in [0.15, 0.2) is 36.4 Å². The highest BCUT2D eigenvalue weighted by molar-refractivity contribution is 7.11. The van der Waals surface area contributed by atoms with E-state index in [-0.39, 0.29) is 0 Å². The van der Waals surface area contributed by atoms with Crippen molar-refractivity contribution < 1.29 is 4.74 Å². The van der Waals surface area contributed by atoms with E-state index >= 15 is 0 Å². The van der Waals surface area contributed by atoms with Gasteiger partial charge in [0.1, 0.15) is 5.75 Å². The topological polar surface area (TPSA) is 21.3 Å². The van der Waals surface area contributed by atoms with E-state index in [2.05, 4.69) is 37.4 Å². The van der Waals surface area contributed by atoms with Gasteiger partial charge in [-0.15, -0.1) is 11.3 Å². The van der Waals surface area contributed by atoms with Crippen LogP contribution in [0.1, 0.15) is 22.2 Å². The van der Waals surface area contributed by atoms with E-state index in [1.807, 2.05) is 29.5 Å². The molecule has 1 aromatic carbocycles. The van der Waals surface area contributed by atoms with Gasteiger partial charge in [-0.3, -0.25) is 0 Å². The number of ether oxygens (including phenoxy) is 1. The van der Waals surface area contributed by atoms with Crippen molar-refractivity contribution in [3.05, 3.63) is 51.7 Å². The maximum Gasteiger partial charge on any atom is 0.123 e.